The van der Waals surface area contributed by atoms with Gasteiger partial charge in [0.25, 0.3) is 0 Å². The minimum atomic E-state index is -0.367. The Kier molecular flexibility index (Phi) is 9.63. The van der Waals surface area contributed by atoms with Crippen molar-refractivity contribution in [3.8, 4) is 11.1 Å². The second-order valence-corrected chi connectivity index (χ2v) is 15.8. The Morgan fingerprint density at radius 3 is 1.23 bits per heavy atom. The molecule has 0 bridgehead atoms. The summed E-state index contributed by atoms with van der Waals surface area (Å²) in [6, 6.07) is 14.0. The lowest BCUT2D eigenvalue weighted by molar-refractivity contribution is 0.00578. The van der Waals surface area contributed by atoms with Crippen molar-refractivity contribution in [3.05, 3.63) is 47.5 Å². The number of hydrogen-bond donors (Lipinski definition) is 0. The van der Waals surface area contributed by atoms with Crippen LogP contribution in [-0.2, 0) is 24.0 Å². The third-order valence-electron chi connectivity index (χ3n) is 11.6. The van der Waals surface area contributed by atoms with Crippen LogP contribution < -0.4 is 10.9 Å². The van der Waals surface area contributed by atoms with E-state index in [0.717, 1.165) is 23.8 Å². The number of fused-ring (bicyclic) bond motifs is 3. The Labute approximate surface area is 269 Å². The van der Waals surface area contributed by atoms with E-state index >= 15 is 0 Å². The van der Waals surface area contributed by atoms with Gasteiger partial charge in [0, 0.05) is 5.41 Å². The molecule has 2 aliphatic heterocycles. The molecule has 0 aromatic heterocycles. The first-order chi connectivity index (χ1) is 20.7. The second-order valence-electron chi connectivity index (χ2n) is 15.8. The first-order valence-electron chi connectivity index (χ1n) is 17.7. The van der Waals surface area contributed by atoms with Gasteiger partial charge in [-0.05, 0) is 101 Å². The van der Waals surface area contributed by atoms with E-state index in [2.05, 4.69) is 106 Å². The van der Waals surface area contributed by atoms with E-state index in [-0.39, 0.29) is 42.1 Å². The molecular weight excluding hydrogens is 542 g/mol. The fourth-order valence-electron chi connectivity index (χ4n) is 7.33. The maximum atomic E-state index is 6.56. The van der Waals surface area contributed by atoms with Gasteiger partial charge in [-0.3, -0.25) is 0 Å². The monoisotopic (exact) mass is 600 g/mol. The average molecular weight is 601 g/mol. The van der Waals surface area contributed by atoms with Crippen molar-refractivity contribution in [1.82, 2.24) is 0 Å². The normalized spacial score (nSPS) is 22.0. The van der Waals surface area contributed by atoms with Crippen LogP contribution in [0.2, 0.25) is 0 Å². The van der Waals surface area contributed by atoms with Crippen LogP contribution in [-0.4, -0.2) is 36.6 Å². The van der Waals surface area contributed by atoms with E-state index in [4.69, 9.17) is 18.6 Å². The fourth-order valence-corrected chi connectivity index (χ4v) is 7.33. The van der Waals surface area contributed by atoms with Crippen molar-refractivity contribution < 1.29 is 18.6 Å². The molecule has 3 aliphatic rings. The quantitative estimate of drug-likeness (QED) is 0.170. The van der Waals surface area contributed by atoms with Crippen LogP contribution in [0.3, 0.4) is 0 Å². The minimum absolute atomic E-state index is 0.0517. The Hall–Kier alpha value is -1.59. The van der Waals surface area contributed by atoms with Gasteiger partial charge in [0.1, 0.15) is 0 Å². The molecule has 0 unspecified atom stereocenters. The molecule has 2 heterocycles. The molecule has 0 amide bonds. The van der Waals surface area contributed by atoms with Crippen LogP contribution in [0, 0.1) is 0 Å². The van der Waals surface area contributed by atoms with Crippen molar-refractivity contribution >= 4 is 25.2 Å². The zero-order chi connectivity index (χ0) is 32.0. The molecule has 2 aromatic carbocycles. The van der Waals surface area contributed by atoms with Crippen molar-refractivity contribution in [1.29, 1.82) is 0 Å². The zero-order valence-electron chi connectivity index (χ0n) is 29.5. The third kappa shape index (κ3) is 6.10. The maximum absolute atomic E-state index is 6.56. The van der Waals surface area contributed by atoms with Gasteiger partial charge in [-0.15, -0.1) is 0 Å². The standard InChI is InChI=1S/C38H58B2O4/c1-11-13-15-16-17-19-25-38(24-18-14-12-2)32-26-28(39-41-34(3,4)35(5,6)42-39)20-22-30(32)31-23-21-29(27-33(31)38)40-43-36(7,8)37(9,10)44-40/h20-23,26-27H,11-19,24-25H2,1-10H3. The molecule has 44 heavy (non-hydrogen) atoms. The van der Waals surface area contributed by atoms with E-state index in [9.17, 15) is 0 Å². The predicted octanol–water partition coefficient (Wildman–Crippen LogP) is 8.88. The van der Waals surface area contributed by atoms with Crippen LogP contribution in [0.1, 0.15) is 151 Å². The molecule has 0 radical (unpaired) electrons. The molecule has 2 aromatic rings. The molecule has 6 heteroatoms. The lowest BCUT2D eigenvalue weighted by Crippen LogP contribution is -2.41. The van der Waals surface area contributed by atoms with E-state index in [1.54, 1.807) is 0 Å². The highest BCUT2D eigenvalue weighted by Crippen LogP contribution is 2.54. The van der Waals surface area contributed by atoms with Crippen LogP contribution in [0.25, 0.3) is 11.1 Å². The topological polar surface area (TPSA) is 36.9 Å². The number of unbranched alkanes of at least 4 members (excludes halogenated alkanes) is 7. The fraction of sp³-hybridized carbons (Fsp3) is 0.684. The van der Waals surface area contributed by atoms with Gasteiger partial charge in [-0.1, -0.05) is 108 Å². The molecule has 0 atom stereocenters. The number of benzene rings is 2. The van der Waals surface area contributed by atoms with Gasteiger partial charge >= 0.3 is 14.2 Å². The van der Waals surface area contributed by atoms with Crippen LogP contribution in [0.4, 0.5) is 0 Å². The lowest BCUT2D eigenvalue weighted by atomic mass is 9.67. The summed E-state index contributed by atoms with van der Waals surface area (Å²) in [5.74, 6) is 0. The average Bonchev–Trinajstić information content (AvgIpc) is 3.45. The Balaban J connectivity index is 1.57. The smallest absolute Gasteiger partial charge is 0.399 e. The van der Waals surface area contributed by atoms with Crippen LogP contribution >= 0.6 is 0 Å². The highest BCUT2D eigenvalue weighted by atomic mass is 16.7. The molecular formula is C38H58B2O4. The second kappa shape index (κ2) is 12.5. The predicted molar refractivity (Wildman–Crippen MR) is 186 cm³/mol. The summed E-state index contributed by atoms with van der Waals surface area (Å²) in [5.41, 5.74) is 6.37. The Morgan fingerprint density at radius 1 is 0.477 bits per heavy atom. The maximum Gasteiger partial charge on any atom is 0.494 e. The van der Waals surface area contributed by atoms with Gasteiger partial charge in [-0.2, -0.15) is 0 Å². The van der Waals surface area contributed by atoms with Crippen molar-refractivity contribution in [2.45, 2.75) is 168 Å². The van der Waals surface area contributed by atoms with Gasteiger partial charge < -0.3 is 18.6 Å². The van der Waals surface area contributed by atoms with Crippen LogP contribution in [0.5, 0.6) is 0 Å². The van der Waals surface area contributed by atoms with Gasteiger partial charge in [0.2, 0.25) is 0 Å². The molecule has 0 N–H and O–H groups in total. The molecule has 5 rings (SSSR count). The van der Waals surface area contributed by atoms with Gasteiger partial charge in [0.15, 0.2) is 0 Å². The molecule has 240 valence electrons. The highest BCUT2D eigenvalue weighted by molar-refractivity contribution is 6.62. The lowest BCUT2D eigenvalue weighted by Gasteiger charge is -2.33. The summed E-state index contributed by atoms with van der Waals surface area (Å²) < 4.78 is 26.2. The van der Waals surface area contributed by atoms with E-state index in [1.165, 1.54) is 80.0 Å². The Morgan fingerprint density at radius 2 is 0.818 bits per heavy atom. The minimum Gasteiger partial charge on any atom is -0.399 e. The van der Waals surface area contributed by atoms with Crippen LogP contribution in [0.15, 0.2) is 36.4 Å². The van der Waals surface area contributed by atoms with Gasteiger partial charge in [-0.25, -0.2) is 0 Å². The summed E-state index contributed by atoms with van der Waals surface area (Å²) in [5, 5.41) is 0. The SMILES string of the molecule is CCCCCCCCC1(CCCCC)c2cc(B3OC(C)(C)C(C)(C)O3)ccc2-c2ccc(B3OC(C)(C)C(C)(C)O3)cc21. The summed E-state index contributed by atoms with van der Waals surface area (Å²) in [6.45, 7) is 21.7. The molecule has 2 saturated heterocycles. The zero-order valence-corrected chi connectivity index (χ0v) is 29.5. The molecule has 0 spiro atoms. The molecule has 4 nitrogen and oxygen atoms in total. The van der Waals surface area contributed by atoms with Gasteiger partial charge in [0.05, 0.1) is 22.4 Å². The summed E-state index contributed by atoms with van der Waals surface area (Å²) in [4.78, 5) is 0. The molecule has 2 fully saturated rings. The van der Waals surface area contributed by atoms with Crippen molar-refractivity contribution in [2.75, 3.05) is 0 Å². The number of rotatable bonds is 13. The first-order valence-corrected chi connectivity index (χ1v) is 17.7. The van der Waals surface area contributed by atoms with Crippen molar-refractivity contribution in [2.24, 2.45) is 0 Å². The highest BCUT2D eigenvalue weighted by Gasteiger charge is 2.54. The molecule has 1 aliphatic carbocycles. The van der Waals surface area contributed by atoms with Crippen molar-refractivity contribution in [3.63, 3.8) is 0 Å². The summed E-state index contributed by atoms with van der Waals surface area (Å²) in [7, 11) is -0.728. The van der Waals surface area contributed by atoms with E-state index in [0.29, 0.717) is 0 Å². The first kappa shape index (κ1) is 33.8. The molecule has 0 saturated carbocycles. The summed E-state index contributed by atoms with van der Waals surface area (Å²) in [6.07, 6.45) is 13.8. The third-order valence-corrected chi connectivity index (χ3v) is 11.6. The van der Waals surface area contributed by atoms with E-state index < -0.39 is 0 Å². The Bertz CT molecular complexity index is 1200. The van der Waals surface area contributed by atoms with E-state index in [1.807, 2.05) is 0 Å². The summed E-state index contributed by atoms with van der Waals surface area (Å²) >= 11 is 0. The number of hydrogen-bond acceptors (Lipinski definition) is 4. The largest absolute Gasteiger partial charge is 0.494 e.